The van der Waals surface area contributed by atoms with Crippen LogP contribution in [0.1, 0.15) is 17.2 Å². The fourth-order valence-electron chi connectivity index (χ4n) is 1.88. The molecular formula is C15H12Cl2N3O2-. The molecule has 0 aliphatic rings. The number of carboxylic acid groups (broad SMARTS) is 1. The molecule has 2 aromatic rings. The molecule has 114 valence electrons. The van der Waals surface area contributed by atoms with Gasteiger partial charge >= 0.3 is 0 Å². The fraction of sp³-hybridized carbons (Fsp3) is 0.0667. The van der Waals surface area contributed by atoms with Crippen molar-refractivity contribution in [2.75, 3.05) is 5.32 Å². The first-order valence-electron chi connectivity index (χ1n) is 6.25. The number of rotatable bonds is 5. The zero-order valence-corrected chi connectivity index (χ0v) is 12.8. The van der Waals surface area contributed by atoms with Gasteiger partial charge in [-0.3, -0.25) is 5.41 Å². The van der Waals surface area contributed by atoms with Crippen molar-refractivity contribution in [1.29, 1.82) is 5.41 Å². The number of hydrogen-bond acceptors (Lipinski definition) is 4. The number of carboxylic acids is 1. The molecule has 4 N–H and O–H groups in total. The summed E-state index contributed by atoms with van der Waals surface area (Å²) in [4.78, 5) is 11.4. The summed E-state index contributed by atoms with van der Waals surface area (Å²) in [6, 6.07) is 9.97. The second-order valence-electron chi connectivity index (χ2n) is 4.56. The molecule has 0 spiro atoms. The minimum atomic E-state index is -1.30. The molecule has 0 aliphatic carbocycles. The quantitative estimate of drug-likeness (QED) is 0.575. The minimum Gasteiger partial charge on any atom is -0.548 e. The topological polar surface area (TPSA) is 102 Å². The van der Waals surface area contributed by atoms with Crippen LogP contribution in [0.3, 0.4) is 0 Å². The number of nitrogen functional groups attached to an aromatic ring is 1. The fourth-order valence-corrected chi connectivity index (χ4v) is 2.19. The second kappa shape index (κ2) is 6.68. The minimum absolute atomic E-state index is 0.0625. The van der Waals surface area contributed by atoms with Gasteiger partial charge in [0, 0.05) is 11.3 Å². The highest BCUT2D eigenvalue weighted by molar-refractivity contribution is 6.42. The van der Waals surface area contributed by atoms with Gasteiger partial charge in [-0.15, -0.1) is 0 Å². The number of anilines is 1. The van der Waals surface area contributed by atoms with Crippen LogP contribution in [0, 0.1) is 5.41 Å². The Labute approximate surface area is 137 Å². The van der Waals surface area contributed by atoms with E-state index in [1.807, 2.05) is 0 Å². The van der Waals surface area contributed by atoms with Crippen molar-refractivity contribution in [1.82, 2.24) is 0 Å². The van der Waals surface area contributed by atoms with Gasteiger partial charge in [-0.1, -0.05) is 29.3 Å². The summed E-state index contributed by atoms with van der Waals surface area (Å²) < 4.78 is 0. The van der Waals surface area contributed by atoms with Crippen LogP contribution in [0.2, 0.25) is 10.0 Å². The number of halogens is 2. The van der Waals surface area contributed by atoms with Gasteiger partial charge < -0.3 is 21.0 Å². The van der Waals surface area contributed by atoms with Crippen molar-refractivity contribution < 1.29 is 9.90 Å². The maximum absolute atomic E-state index is 11.4. The van der Waals surface area contributed by atoms with Crippen LogP contribution in [-0.2, 0) is 4.79 Å². The highest BCUT2D eigenvalue weighted by atomic mass is 35.5. The van der Waals surface area contributed by atoms with Crippen LogP contribution in [0.4, 0.5) is 5.69 Å². The van der Waals surface area contributed by atoms with Crippen molar-refractivity contribution in [3.63, 3.8) is 0 Å². The van der Waals surface area contributed by atoms with E-state index in [9.17, 15) is 9.90 Å². The summed E-state index contributed by atoms with van der Waals surface area (Å²) in [5, 5.41) is 22.1. The third-order valence-corrected chi connectivity index (χ3v) is 3.76. The lowest BCUT2D eigenvalue weighted by Gasteiger charge is -2.22. The standard InChI is InChI=1S/C15H13Cl2N3O2/c16-11-6-3-9(7-12(11)17)13(15(21)22)20-10-4-1-8(2-5-10)14(18)19/h1-7,13,20H,(H3,18,19)(H,21,22)/p-1. The Kier molecular flexibility index (Phi) is 4.90. The van der Waals surface area contributed by atoms with E-state index in [2.05, 4.69) is 5.32 Å². The molecule has 2 rings (SSSR count). The highest BCUT2D eigenvalue weighted by Crippen LogP contribution is 2.27. The molecule has 0 aromatic heterocycles. The number of carbonyl (C=O) groups excluding carboxylic acids is 1. The van der Waals surface area contributed by atoms with Crippen LogP contribution in [0.25, 0.3) is 0 Å². The van der Waals surface area contributed by atoms with Gasteiger partial charge in [-0.05, 0) is 42.0 Å². The largest absolute Gasteiger partial charge is 0.548 e. The van der Waals surface area contributed by atoms with Crippen molar-refractivity contribution in [3.8, 4) is 0 Å². The van der Waals surface area contributed by atoms with Gasteiger partial charge in [0.15, 0.2) is 0 Å². The van der Waals surface area contributed by atoms with Crippen molar-refractivity contribution >= 4 is 40.7 Å². The zero-order valence-electron chi connectivity index (χ0n) is 11.3. The summed E-state index contributed by atoms with van der Waals surface area (Å²) in [5.41, 5.74) is 6.88. The third kappa shape index (κ3) is 3.69. The van der Waals surface area contributed by atoms with Gasteiger partial charge in [-0.2, -0.15) is 0 Å². The average Bonchev–Trinajstić information content (AvgIpc) is 2.48. The molecule has 0 radical (unpaired) electrons. The smallest absolute Gasteiger partial charge is 0.122 e. The zero-order chi connectivity index (χ0) is 16.3. The molecule has 5 nitrogen and oxygen atoms in total. The monoisotopic (exact) mass is 336 g/mol. The average molecular weight is 337 g/mol. The maximum atomic E-state index is 11.4. The van der Waals surface area contributed by atoms with E-state index in [1.165, 1.54) is 12.1 Å². The molecule has 2 aromatic carbocycles. The summed E-state index contributed by atoms with van der Waals surface area (Å²) in [7, 11) is 0. The van der Waals surface area contributed by atoms with Crippen LogP contribution in [0.5, 0.6) is 0 Å². The summed E-state index contributed by atoms with van der Waals surface area (Å²) >= 11 is 11.7. The highest BCUT2D eigenvalue weighted by Gasteiger charge is 2.14. The predicted molar refractivity (Wildman–Crippen MR) is 85.3 cm³/mol. The van der Waals surface area contributed by atoms with Crippen LogP contribution in [-0.4, -0.2) is 11.8 Å². The Hall–Kier alpha value is -2.24. The van der Waals surface area contributed by atoms with E-state index in [4.69, 9.17) is 34.3 Å². The molecule has 1 unspecified atom stereocenters. The second-order valence-corrected chi connectivity index (χ2v) is 5.38. The summed E-state index contributed by atoms with van der Waals surface area (Å²) in [5.74, 6) is -1.36. The lowest BCUT2D eigenvalue weighted by molar-refractivity contribution is -0.307. The van der Waals surface area contributed by atoms with E-state index >= 15 is 0 Å². The Morgan fingerprint density at radius 3 is 2.27 bits per heavy atom. The lowest BCUT2D eigenvalue weighted by atomic mass is 10.1. The van der Waals surface area contributed by atoms with E-state index in [1.54, 1.807) is 30.3 Å². The first kappa shape index (κ1) is 16.1. The number of nitrogens with two attached hydrogens (primary N) is 1. The van der Waals surface area contributed by atoms with Gasteiger partial charge in [0.1, 0.15) is 5.84 Å². The SMILES string of the molecule is N=C(N)c1ccc(NC(C(=O)[O-])c2ccc(Cl)c(Cl)c2)cc1. The number of aliphatic carboxylic acids is 1. The van der Waals surface area contributed by atoms with Crippen molar-refractivity contribution in [3.05, 3.63) is 63.6 Å². The first-order valence-corrected chi connectivity index (χ1v) is 7.01. The van der Waals surface area contributed by atoms with Crippen molar-refractivity contribution in [2.45, 2.75) is 6.04 Å². The molecule has 0 heterocycles. The molecule has 0 saturated heterocycles. The molecule has 22 heavy (non-hydrogen) atoms. The lowest BCUT2D eigenvalue weighted by Crippen LogP contribution is -2.34. The van der Waals surface area contributed by atoms with E-state index < -0.39 is 12.0 Å². The Balaban J connectivity index is 2.27. The molecular weight excluding hydrogens is 325 g/mol. The Bertz CT molecular complexity index is 717. The van der Waals surface area contributed by atoms with E-state index in [0.717, 1.165) is 0 Å². The van der Waals surface area contributed by atoms with Crippen LogP contribution in [0.15, 0.2) is 42.5 Å². The molecule has 1 atom stereocenters. The molecule has 0 aliphatic heterocycles. The van der Waals surface area contributed by atoms with Crippen LogP contribution >= 0.6 is 23.2 Å². The first-order chi connectivity index (χ1) is 10.4. The molecule has 0 fully saturated rings. The van der Waals surface area contributed by atoms with Crippen LogP contribution < -0.4 is 16.2 Å². The Morgan fingerprint density at radius 2 is 1.77 bits per heavy atom. The Morgan fingerprint density at radius 1 is 1.14 bits per heavy atom. The molecule has 0 saturated carbocycles. The van der Waals surface area contributed by atoms with Gasteiger partial charge in [0.25, 0.3) is 0 Å². The molecule has 7 heteroatoms. The van der Waals surface area contributed by atoms with Gasteiger partial charge in [0.05, 0.1) is 22.1 Å². The molecule has 0 bridgehead atoms. The van der Waals surface area contributed by atoms with Gasteiger partial charge in [-0.25, -0.2) is 0 Å². The van der Waals surface area contributed by atoms with E-state index in [-0.39, 0.29) is 10.9 Å². The third-order valence-electron chi connectivity index (χ3n) is 3.02. The van der Waals surface area contributed by atoms with Gasteiger partial charge in [0.2, 0.25) is 0 Å². The normalized spacial score (nSPS) is 11.7. The number of nitrogens with one attached hydrogen (secondary N) is 2. The number of hydrogen-bond donors (Lipinski definition) is 3. The number of amidine groups is 1. The van der Waals surface area contributed by atoms with Crippen molar-refractivity contribution in [2.24, 2.45) is 5.73 Å². The molecule has 0 amide bonds. The number of carbonyl (C=O) groups is 1. The number of benzene rings is 2. The summed E-state index contributed by atoms with van der Waals surface area (Å²) in [6.07, 6.45) is 0. The predicted octanol–water partition coefficient (Wildman–Crippen LogP) is 2.18. The summed E-state index contributed by atoms with van der Waals surface area (Å²) in [6.45, 7) is 0. The van der Waals surface area contributed by atoms with E-state index in [0.29, 0.717) is 21.8 Å². The maximum Gasteiger partial charge on any atom is 0.122 e.